The van der Waals surface area contributed by atoms with Crippen molar-refractivity contribution in [3.63, 3.8) is 0 Å². The number of carbonyl (C=O) groups is 1. The van der Waals surface area contributed by atoms with Crippen LogP contribution >= 0.6 is 31.9 Å². The standard InChI is InChI=1S/C10H11Br2NO2/c1-6(2)15-13-10(14)8-4-3-7(11)5-9(8)12/h3-6H,1-2H3,(H,13,14). The van der Waals surface area contributed by atoms with E-state index in [1.165, 1.54) is 0 Å². The van der Waals surface area contributed by atoms with Crippen molar-refractivity contribution in [3.8, 4) is 0 Å². The first-order chi connectivity index (χ1) is 7.00. The first kappa shape index (κ1) is 12.7. The van der Waals surface area contributed by atoms with E-state index in [1.54, 1.807) is 12.1 Å². The third kappa shape index (κ3) is 3.93. The van der Waals surface area contributed by atoms with Crippen LogP contribution in [0.4, 0.5) is 0 Å². The number of rotatable bonds is 3. The van der Waals surface area contributed by atoms with Crippen molar-refractivity contribution < 1.29 is 9.63 Å². The maximum atomic E-state index is 11.6. The zero-order valence-corrected chi connectivity index (χ0v) is 11.6. The van der Waals surface area contributed by atoms with Crippen LogP contribution in [0, 0.1) is 0 Å². The van der Waals surface area contributed by atoms with Gasteiger partial charge in [-0.25, -0.2) is 5.48 Å². The Labute approximate surface area is 105 Å². The summed E-state index contributed by atoms with van der Waals surface area (Å²) in [6.07, 6.45) is -0.0387. The van der Waals surface area contributed by atoms with Gasteiger partial charge in [-0.2, -0.15) is 0 Å². The van der Waals surface area contributed by atoms with E-state index in [-0.39, 0.29) is 12.0 Å². The van der Waals surface area contributed by atoms with Crippen molar-refractivity contribution in [3.05, 3.63) is 32.7 Å². The Hall–Kier alpha value is -0.390. The highest BCUT2D eigenvalue weighted by Crippen LogP contribution is 2.21. The summed E-state index contributed by atoms with van der Waals surface area (Å²) in [6, 6.07) is 5.33. The van der Waals surface area contributed by atoms with Gasteiger partial charge in [0.05, 0.1) is 11.7 Å². The van der Waals surface area contributed by atoms with Gasteiger partial charge < -0.3 is 0 Å². The molecule has 0 radical (unpaired) electrons. The fraction of sp³-hybridized carbons (Fsp3) is 0.300. The van der Waals surface area contributed by atoms with Crippen LogP contribution < -0.4 is 5.48 Å². The SMILES string of the molecule is CC(C)ONC(=O)c1ccc(Br)cc1Br. The highest BCUT2D eigenvalue weighted by Gasteiger charge is 2.10. The van der Waals surface area contributed by atoms with Gasteiger partial charge in [0.1, 0.15) is 0 Å². The van der Waals surface area contributed by atoms with Crippen LogP contribution in [0.3, 0.4) is 0 Å². The third-order valence-electron chi connectivity index (χ3n) is 1.56. The molecule has 1 N–H and O–H groups in total. The molecule has 0 unspecified atom stereocenters. The molecule has 0 saturated heterocycles. The van der Waals surface area contributed by atoms with Gasteiger partial charge in [0.25, 0.3) is 5.91 Å². The normalized spacial score (nSPS) is 10.5. The number of benzene rings is 1. The van der Waals surface area contributed by atoms with Crippen molar-refractivity contribution in [2.24, 2.45) is 0 Å². The van der Waals surface area contributed by atoms with Crippen LogP contribution in [0.15, 0.2) is 27.1 Å². The van der Waals surface area contributed by atoms with Gasteiger partial charge in [0, 0.05) is 8.95 Å². The lowest BCUT2D eigenvalue weighted by Crippen LogP contribution is -2.27. The molecule has 1 rings (SSSR count). The van der Waals surface area contributed by atoms with E-state index in [9.17, 15) is 4.79 Å². The molecule has 0 spiro atoms. The van der Waals surface area contributed by atoms with Crippen molar-refractivity contribution >= 4 is 37.8 Å². The molecule has 82 valence electrons. The molecule has 0 atom stereocenters. The quantitative estimate of drug-likeness (QED) is 0.860. The predicted molar refractivity (Wildman–Crippen MR) is 65.5 cm³/mol. The number of hydrogen-bond acceptors (Lipinski definition) is 2. The van der Waals surface area contributed by atoms with Crippen LogP contribution in [0.1, 0.15) is 24.2 Å². The molecule has 5 heteroatoms. The molecule has 0 aromatic heterocycles. The molecule has 0 aliphatic heterocycles. The van der Waals surface area contributed by atoms with Gasteiger partial charge in [0.2, 0.25) is 0 Å². The lowest BCUT2D eigenvalue weighted by molar-refractivity contribution is 0.000136. The minimum absolute atomic E-state index is 0.0387. The summed E-state index contributed by atoms with van der Waals surface area (Å²) in [4.78, 5) is 16.6. The van der Waals surface area contributed by atoms with E-state index in [4.69, 9.17) is 4.84 Å². The Morgan fingerprint density at radius 3 is 2.60 bits per heavy atom. The highest BCUT2D eigenvalue weighted by molar-refractivity contribution is 9.11. The highest BCUT2D eigenvalue weighted by atomic mass is 79.9. The number of hydroxylamine groups is 1. The Morgan fingerprint density at radius 1 is 1.40 bits per heavy atom. The van der Waals surface area contributed by atoms with Gasteiger partial charge in [-0.3, -0.25) is 9.63 Å². The molecule has 1 aromatic rings. The van der Waals surface area contributed by atoms with Crippen molar-refractivity contribution in [2.45, 2.75) is 20.0 Å². The molecule has 0 heterocycles. The molecule has 0 aliphatic rings. The van der Waals surface area contributed by atoms with E-state index in [0.717, 1.165) is 8.95 Å². The monoisotopic (exact) mass is 335 g/mol. The Bertz CT molecular complexity index is 366. The molecule has 0 aliphatic carbocycles. The Kier molecular flexibility index (Phi) is 4.76. The van der Waals surface area contributed by atoms with Gasteiger partial charge in [-0.1, -0.05) is 15.9 Å². The zero-order valence-electron chi connectivity index (χ0n) is 8.38. The summed E-state index contributed by atoms with van der Waals surface area (Å²) in [7, 11) is 0. The van der Waals surface area contributed by atoms with Gasteiger partial charge in [-0.15, -0.1) is 0 Å². The third-order valence-corrected chi connectivity index (χ3v) is 2.71. The molecule has 0 bridgehead atoms. The second-order valence-corrected chi connectivity index (χ2v) is 4.99. The minimum Gasteiger partial charge on any atom is -0.271 e. The Morgan fingerprint density at radius 2 is 2.07 bits per heavy atom. The average molecular weight is 337 g/mol. The summed E-state index contributed by atoms with van der Waals surface area (Å²) in [5.41, 5.74) is 2.92. The minimum atomic E-state index is -0.261. The molecule has 1 aromatic carbocycles. The summed E-state index contributed by atoms with van der Waals surface area (Å²) in [5, 5.41) is 0. The van der Waals surface area contributed by atoms with Crippen molar-refractivity contribution in [1.29, 1.82) is 0 Å². The lowest BCUT2D eigenvalue weighted by atomic mass is 10.2. The van der Waals surface area contributed by atoms with Crippen LogP contribution in [0.25, 0.3) is 0 Å². The number of carbonyl (C=O) groups excluding carboxylic acids is 1. The van der Waals surface area contributed by atoms with E-state index in [2.05, 4.69) is 37.3 Å². The van der Waals surface area contributed by atoms with Gasteiger partial charge in [-0.05, 0) is 48.0 Å². The summed E-state index contributed by atoms with van der Waals surface area (Å²) in [6.45, 7) is 3.69. The van der Waals surface area contributed by atoms with E-state index in [1.807, 2.05) is 19.9 Å². The van der Waals surface area contributed by atoms with Gasteiger partial charge >= 0.3 is 0 Å². The molecular formula is C10H11Br2NO2. The smallest absolute Gasteiger partial charge is 0.271 e. The van der Waals surface area contributed by atoms with Crippen LogP contribution in [0.2, 0.25) is 0 Å². The fourth-order valence-corrected chi connectivity index (χ4v) is 2.13. The van der Waals surface area contributed by atoms with Gasteiger partial charge in [0.15, 0.2) is 0 Å². The Balaban J connectivity index is 2.74. The second kappa shape index (κ2) is 5.63. The van der Waals surface area contributed by atoms with E-state index in [0.29, 0.717) is 5.56 Å². The lowest BCUT2D eigenvalue weighted by Gasteiger charge is -2.09. The van der Waals surface area contributed by atoms with E-state index < -0.39 is 0 Å². The maximum Gasteiger partial charge on any atom is 0.275 e. The largest absolute Gasteiger partial charge is 0.275 e. The number of nitrogens with one attached hydrogen (secondary N) is 1. The summed E-state index contributed by atoms with van der Waals surface area (Å²) in [5.74, 6) is -0.261. The molecule has 1 amide bonds. The van der Waals surface area contributed by atoms with Crippen LogP contribution in [-0.4, -0.2) is 12.0 Å². The molecule has 0 saturated carbocycles. The number of halogens is 2. The summed E-state index contributed by atoms with van der Waals surface area (Å²) < 4.78 is 1.64. The fourth-order valence-electron chi connectivity index (χ4n) is 0.900. The average Bonchev–Trinajstić information content (AvgIpc) is 2.14. The molecule has 0 fully saturated rings. The van der Waals surface area contributed by atoms with Crippen LogP contribution in [-0.2, 0) is 4.84 Å². The summed E-state index contributed by atoms with van der Waals surface area (Å²) >= 11 is 6.62. The molecule has 15 heavy (non-hydrogen) atoms. The first-order valence-electron chi connectivity index (χ1n) is 4.41. The maximum absolute atomic E-state index is 11.6. The topological polar surface area (TPSA) is 38.3 Å². The van der Waals surface area contributed by atoms with Crippen molar-refractivity contribution in [1.82, 2.24) is 5.48 Å². The first-order valence-corrected chi connectivity index (χ1v) is 6.00. The number of amides is 1. The zero-order chi connectivity index (χ0) is 11.4. The predicted octanol–water partition coefficient (Wildman–Crippen LogP) is 3.28. The molecular weight excluding hydrogens is 326 g/mol. The van der Waals surface area contributed by atoms with E-state index >= 15 is 0 Å². The molecule has 3 nitrogen and oxygen atoms in total. The second-order valence-electron chi connectivity index (χ2n) is 3.22. The van der Waals surface area contributed by atoms with Crippen LogP contribution in [0.5, 0.6) is 0 Å². The number of hydrogen-bond donors (Lipinski definition) is 1. The van der Waals surface area contributed by atoms with Crippen molar-refractivity contribution in [2.75, 3.05) is 0 Å².